The minimum absolute atomic E-state index is 0.0564. The van der Waals surface area contributed by atoms with Crippen LogP contribution in [0.15, 0.2) is 24.3 Å². The number of esters is 1. The Kier molecular flexibility index (Phi) is 4.47. The predicted octanol–water partition coefficient (Wildman–Crippen LogP) is 0.356. The highest BCUT2D eigenvalue weighted by Gasteiger charge is 2.13. The van der Waals surface area contributed by atoms with E-state index in [1.807, 2.05) is 0 Å². The number of anilines is 1. The van der Waals surface area contributed by atoms with Crippen molar-refractivity contribution in [2.24, 2.45) is 5.73 Å². The van der Waals surface area contributed by atoms with E-state index in [2.05, 4.69) is 10.1 Å². The molecule has 0 heterocycles. The minimum Gasteiger partial charge on any atom is -0.480 e. The zero-order chi connectivity index (χ0) is 12.8. The Labute approximate surface area is 98.4 Å². The third-order valence-corrected chi connectivity index (χ3v) is 2.20. The van der Waals surface area contributed by atoms with Crippen LogP contribution >= 0.6 is 0 Å². The Balaban J connectivity index is 2.62. The maximum Gasteiger partial charge on any atom is 0.325 e. The van der Waals surface area contributed by atoms with Gasteiger partial charge in [-0.1, -0.05) is 12.1 Å². The second-order valence-corrected chi connectivity index (χ2v) is 3.37. The van der Waals surface area contributed by atoms with Crippen molar-refractivity contribution in [3.05, 3.63) is 29.8 Å². The zero-order valence-corrected chi connectivity index (χ0v) is 9.34. The molecule has 0 amide bonds. The smallest absolute Gasteiger partial charge is 0.325 e. The summed E-state index contributed by atoms with van der Waals surface area (Å²) in [4.78, 5) is 21.5. The third-order valence-electron chi connectivity index (χ3n) is 2.20. The number of carboxylic acids is 1. The highest BCUT2D eigenvalue weighted by atomic mass is 16.5. The molecule has 0 aliphatic carbocycles. The van der Waals surface area contributed by atoms with Crippen LogP contribution in [0.2, 0.25) is 0 Å². The molecule has 0 saturated heterocycles. The summed E-state index contributed by atoms with van der Waals surface area (Å²) in [5, 5.41) is 11.5. The van der Waals surface area contributed by atoms with E-state index in [1.54, 1.807) is 24.3 Å². The number of carbonyl (C=O) groups is 2. The van der Waals surface area contributed by atoms with Gasteiger partial charge >= 0.3 is 11.9 Å². The van der Waals surface area contributed by atoms with Gasteiger partial charge in [0, 0.05) is 5.69 Å². The Morgan fingerprint density at radius 2 is 2.00 bits per heavy atom. The number of benzene rings is 1. The molecule has 6 nitrogen and oxygen atoms in total. The van der Waals surface area contributed by atoms with Crippen LogP contribution in [0.3, 0.4) is 0 Å². The van der Waals surface area contributed by atoms with Crippen molar-refractivity contribution in [3.8, 4) is 0 Å². The molecule has 4 N–H and O–H groups in total. The van der Waals surface area contributed by atoms with Crippen LogP contribution in [0.25, 0.3) is 0 Å². The predicted molar refractivity (Wildman–Crippen MR) is 61.5 cm³/mol. The van der Waals surface area contributed by atoms with E-state index in [-0.39, 0.29) is 12.5 Å². The summed E-state index contributed by atoms with van der Waals surface area (Å²) in [6, 6.07) is 5.46. The van der Waals surface area contributed by atoms with Gasteiger partial charge in [0.25, 0.3) is 0 Å². The molecule has 0 aromatic heterocycles. The van der Waals surface area contributed by atoms with Crippen LogP contribution in [0.4, 0.5) is 5.69 Å². The summed E-state index contributed by atoms with van der Waals surface area (Å²) in [5.41, 5.74) is 6.63. The van der Waals surface area contributed by atoms with Crippen molar-refractivity contribution in [1.29, 1.82) is 0 Å². The second kappa shape index (κ2) is 5.86. The van der Waals surface area contributed by atoms with Crippen LogP contribution in [-0.2, 0) is 14.3 Å². The second-order valence-electron chi connectivity index (χ2n) is 3.37. The van der Waals surface area contributed by atoms with E-state index in [0.29, 0.717) is 11.3 Å². The molecule has 0 spiro atoms. The van der Waals surface area contributed by atoms with E-state index in [1.165, 1.54) is 7.11 Å². The first-order valence-corrected chi connectivity index (χ1v) is 4.93. The normalized spacial score (nSPS) is 11.6. The molecule has 0 fully saturated rings. The van der Waals surface area contributed by atoms with E-state index in [9.17, 15) is 9.59 Å². The van der Waals surface area contributed by atoms with Gasteiger partial charge in [-0.2, -0.15) is 0 Å². The molecule has 0 unspecified atom stereocenters. The first kappa shape index (κ1) is 13.0. The minimum atomic E-state index is -1.08. The van der Waals surface area contributed by atoms with Gasteiger partial charge in [0.15, 0.2) is 0 Å². The lowest BCUT2D eigenvalue weighted by molar-refractivity contribution is -0.139. The highest BCUT2D eigenvalue weighted by Crippen LogP contribution is 2.14. The maximum atomic E-state index is 10.9. The van der Waals surface area contributed by atoms with Gasteiger partial charge in [0.05, 0.1) is 7.11 Å². The molecular formula is C11H14N2O4. The number of carbonyl (C=O) groups excluding carboxylic acids is 1. The largest absolute Gasteiger partial charge is 0.480 e. The highest BCUT2D eigenvalue weighted by molar-refractivity contribution is 5.76. The molecule has 17 heavy (non-hydrogen) atoms. The van der Waals surface area contributed by atoms with Crippen LogP contribution in [0, 0.1) is 0 Å². The van der Waals surface area contributed by atoms with E-state index >= 15 is 0 Å². The van der Waals surface area contributed by atoms with Crippen LogP contribution in [-0.4, -0.2) is 30.7 Å². The maximum absolute atomic E-state index is 10.9. The molecule has 0 saturated carbocycles. The van der Waals surface area contributed by atoms with Crippen molar-refractivity contribution in [3.63, 3.8) is 0 Å². The number of nitrogens with two attached hydrogens (primary N) is 1. The summed E-state index contributed by atoms with van der Waals surface area (Å²) in [5.74, 6) is -1.46. The lowest BCUT2D eigenvalue weighted by Crippen LogP contribution is -2.20. The first-order chi connectivity index (χ1) is 8.04. The van der Waals surface area contributed by atoms with Crippen molar-refractivity contribution in [2.75, 3.05) is 19.0 Å². The monoisotopic (exact) mass is 238 g/mol. The fourth-order valence-electron chi connectivity index (χ4n) is 1.20. The number of rotatable bonds is 5. The van der Waals surface area contributed by atoms with Gasteiger partial charge in [0.1, 0.15) is 12.6 Å². The number of aliphatic carboxylic acids is 1. The van der Waals surface area contributed by atoms with Crippen LogP contribution < -0.4 is 11.1 Å². The number of nitrogens with one attached hydrogen (secondary N) is 1. The third kappa shape index (κ3) is 3.76. The summed E-state index contributed by atoms with van der Waals surface area (Å²) < 4.78 is 4.47. The van der Waals surface area contributed by atoms with Crippen molar-refractivity contribution in [1.82, 2.24) is 0 Å². The van der Waals surface area contributed by atoms with Gasteiger partial charge in [-0.05, 0) is 17.7 Å². The number of hydrogen-bond acceptors (Lipinski definition) is 5. The average molecular weight is 238 g/mol. The average Bonchev–Trinajstić information content (AvgIpc) is 2.35. The summed E-state index contributed by atoms with van der Waals surface area (Å²) in [6.07, 6.45) is 0. The Morgan fingerprint density at radius 3 is 2.47 bits per heavy atom. The molecule has 1 rings (SSSR count). The molecule has 1 aromatic carbocycles. The molecule has 0 bridgehead atoms. The van der Waals surface area contributed by atoms with Gasteiger partial charge in [-0.3, -0.25) is 9.59 Å². The molecular weight excluding hydrogens is 224 g/mol. The Bertz CT molecular complexity index is 402. The fraction of sp³-hybridized carbons (Fsp3) is 0.273. The first-order valence-electron chi connectivity index (χ1n) is 4.93. The topological polar surface area (TPSA) is 102 Å². The standard InChI is InChI=1S/C11H14N2O4/c1-17-9(14)6-13-8-4-2-7(3-5-8)10(12)11(15)16/h2-5,10,13H,6,12H2,1H3,(H,15,16)/t10-/m1/s1. The summed E-state index contributed by atoms with van der Waals surface area (Å²) in [7, 11) is 1.30. The zero-order valence-electron chi connectivity index (χ0n) is 9.34. The van der Waals surface area contributed by atoms with Gasteiger partial charge in [0.2, 0.25) is 0 Å². The Morgan fingerprint density at radius 1 is 1.41 bits per heavy atom. The summed E-state index contributed by atoms with van der Waals surface area (Å²) >= 11 is 0. The lowest BCUT2D eigenvalue weighted by Gasteiger charge is -2.09. The molecule has 92 valence electrons. The van der Waals surface area contributed by atoms with Gasteiger partial charge < -0.3 is 20.9 Å². The van der Waals surface area contributed by atoms with E-state index < -0.39 is 12.0 Å². The number of ether oxygens (including phenoxy) is 1. The van der Waals surface area contributed by atoms with Crippen molar-refractivity contribution in [2.45, 2.75) is 6.04 Å². The SMILES string of the molecule is COC(=O)CNc1ccc([C@@H](N)C(=O)O)cc1. The van der Waals surface area contributed by atoms with E-state index in [4.69, 9.17) is 10.8 Å². The summed E-state index contributed by atoms with van der Waals surface area (Å²) in [6.45, 7) is 0.0564. The van der Waals surface area contributed by atoms with Crippen LogP contribution in [0.1, 0.15) is 11.6 Å². The Hall–Kier alpha value is -2.08. The quantitative estimate of drug-likeness (QED) is 0.640. The fourth-order valence-corrected chi connectivity index (χ4v) is 1.20. The lowest BCUT2D eigenvalue weighted by atomic mass is 10.1. The number of hydrogen-bond donors (Lipinski definition) is 3. The molecule has 0 radical (unpaired) electrons. The molecule has 0 aliphatic rings. The molecule has 0 aliphatic heterocycles. The van der Waals surface area contributed by atoms with Crippen molar-refractivity contribution < 1.29 is 19.4 Å². The molecule has 1 aromatic rings. The number of methoxy groups -OCH3 is 1. The van der Waals surface area contributed by atoms with Gasteiger partial charge in [-0.15, -0.1) is 0 Å². The van der Waals surface area contributed by atoms with Gasteiger partial charge in [-0.25, -0.2) is 0 Å². The number of carboxylic acid groups (broad SMARTS) is 1. The van der Waals surface area contributed by atoms with E-state index in [0.717, 1.165) is 0 Å². The van der Waals surface area contributed by atoms with Crippen molar-refractivity contribution >= 4 is 17.6 Å². The molecule has 1 atom stereocenters. The van der Waals surface area contributed by atoms with Crippen LogP contribution in [0.5, 0.6) is 0 Å². The molecule has 6 heteroatoms.